The Hall–Kier alpha value is -1.21. The highest BCUT2D eigenvalue weighted by atomic mass is 35.5. The Morgan fingerprint density at radius 2 is 1.97 bits per heavy atom. The topological polar surface area (TPSA) is 123 Å². The number of sulfonamides is 1. The summed E-state index contributed by atoms with van der Waals surface area (Å²) in [5, 5.41) is 5.34. The Labute approximate surface area is 213 Å². The summed E-state index contributed by atoms with van der Waals surface area (Å²) in [4.78, 5) is 30.8. The number of hydrazine groups is 1. The number of carbonyl (C=O) groups is 2. The van der Waals surface area contributed by atoms with E-state index in [-0.39, 0.29) is 35.7 Å². The molecule has 0 radical (unpaired) electrons. The van der Waals surface area contributed by atoms with Gasteiger partial charge in [-0.1, -0.05) is 6.42 Å². The lowest BCUT2D eigenvalue weighted by Crippen LogP contribution is -2.53. The molecule has 13 heteroatoms. The van der Waals surface area contributed by atoms with Crippen molar-refractivity contribution in [3.8, 4) is 0 Å². The average Bonchev–Trinajstić information content (AvgIpc) is 3.25. The fraction of sp³-hybridized carbons (Fsp3) is 0.909. The van der Waals surface area contributed by atoms with Gasteiger partial charge < -0.3 is 10.2 Å². The second kappa shape index (κ2) is 12.4. The van der Waals surface area contributed by atoms with E-state index in [4.69, 9.17) is 11.6 Å². The maximum Gasteiger partial charge on any atom is 0.317 e. The number of halogens is 2. The highest BCUT2D eigenvalue weighted by molar-refractivity contribution is 7.89. The van der Waals surface area contributed by atoms with Crippen molar-refractivity contribution in [1.82, 2.24) is 30.7 Å². The molecule has 3 aliphatic rings. The van der Waals surface area contributed by atoms with Crippen LogP contribution < -0.4 is 20.9 Å². The first-order chi connectivity index (χ1) is 16.5. The molecule has 2 aliphatic carbocycles. The molecule has 1 saturated heterocycles. The van der Waals surface area contributed by atoms with E-state index in [9.17, 15) is 22.4 Å². The molecular formula is C22H40ClFN6O4S. The Balaban J connectivity index is 1.52. The van der Waals surface area contributed by atoms with E-state index in [0.29, 0.717) is 25.8 Å². The molecule has 2 saturated carbocycles. The summed E-state index contributed by atoms with van der Waals surface area (Å²) in [7, 11) is -0.133. The number of carbonyl (C=O) groups excluding carboxylic acids is 2. The van der Waals surface area contributed by atoms with E-state index in [2.05, 4.69) is 25.8 Å². The van der Waals surface area contributed by atoms with Crippen LogP contribution in [0.5, 0.6) is 0 Å². The number of urea groups is 1. The fourth-order valence-electron chi connectivity index (χ4n) is 5.64. The van der Waals surface area contributed by atoms with Gasteiger partial charge in [0, 0.05) is 38.9 Å². The van der Waals surface area contributed by atoms with E-state index in [1.165, 1.54) is 0 Å². The summed E-state index contributed by atoms with van der Waals surface area (Å²) in [5.41, 5.74) is 2.24. The summed E-state index contributed by atoms with van der Waals surface area (Å²) < 4.78 is 40.2. The van der Waals surface area contributed by atoms with Gasteiger partial charge in [-0.3, -0.25) is 20.4 Å². The standard InChI is InChI=1S/C22H40ClFN6O4S/c1-4-25-22(32)30(3)16-7-5-6-14(8-16)12-35(33,34)28-27-21(31)17-9-15(10-18(23)20(17)24)19-11-29(2)13-26-19/h14-20,26,28H,4-13H2,1-3H3,(H,25,32)(H,27,31). The molecule has 0 aromatic carbocycles. The molecule has 0 aromatic rings. The smallest absolute Gasteiger partial charge is 0.317 e. The third-order valence-electron chi connectivity index (χ3n) is 7.59. The minimum atomic E-state index is -3.84. The number of amides is 3. The van der Waals surface area contributed by atoms with Crippen molar-refractivity contribution in [2.24, 2.45) is 17.8 Å². The van der Waals surface area contributed by atoms with E-state index in [1.54, 1.807) is 11.9 Å². The van der Waals surface area contributed by atoms with Crippen molar-refractivity contribution in [1.29, 1.82) is 0 Å². The molecule has 0 bridgehead atoms. The zero-order valence-electron chi connectivity index (χ0n) is 20.8. The van der Waals surface area contributed by atoms with E-state index in [1.807, 2.05) is 14.0 Å². The van der Waals surface area contributed by atoms with Crippen molar-refractivity contribution in [2.75, 3.05) is 39.6 Å². The number of hydrogen-bond donors (Lipinski definition) is 4. The van der Waals surface area contributed by atoms with Crippen LogP contribution in [0.4, 0.5) is 9.18 Å². The molecule has 202 valence electrons. The molecule has 10 nitrogen and oxygen atoms in total. The number of alkyl halides is 2. The van der Waals surface area contributed by atoms with Crippen molar-refractivity contribution < 1.29 is 22.4 Å². The second-order valence-corrected chi connectivity index (χ2v) is 12.6. The van der Waals surface area contributed by atoms with Gasteiger partial charge in [-0.05, 0) is 57.9 Å². The molecule has 3 rings (SSSR count). The van der Waals surface area contributed by atoms with Gasteiger partial charge in [0.1, 0.15) is 6.17 Å². The van der Waals surface area contributed by atoms with Gasteiger partial charge in [0.05, 0.1) is 17.0 Å². The zero-order chi connectivity index (χ0) is 25.8. The predicted molar refractivity (Wildman–Crippen MR) is 133 cm³/mol. The Kier molecular flexibility index (Phi) is 10.0. The number of likely N-dealkylation sites (N-methyl/N-ethyl adjacent to an activating group) is 1. The van der Waals surface area contributed by atoms with E-state index in [0.717, 1.165) is 32.5 Å². The SMILES string of the molecule is CCNC(=O)N(C)C1CCCC(CS(=O)(=O)NNC(=O)C2CC(C3CN(C)CN3)CC(Cl)C2F)C1. The molecule has 7 atom stereocenters. The van der Waals surface area contributed by atoms with E-state index >= 15 is 0 Å². The Morgan fingerprint density at radius 1 is 1.23 bits per heavy atom. The fourth-order valence-corrected chi connectivity index (χ4v) is 7.31. The second-order valence-electron chi connectivity index (χ2n) is 10.3. The highest BCUT2D eigenvalue weighted by Crippen LogP contribution is 2.37. The summed E-state index contributed by atoms with van der Waals surface area (Å²) in [6, 6.07) is -0.0898. The number of rotatable bonds is 8. The van der Waals surface area contributed by atoms with Gasteiger partial charge >= 0.3 is 6.03 Å². The first-order valence-corrected chi connectivity index (χ1v) is 14.6. The number of nitrogens with one attached hydrogen (secondary N) is 4. The minimum Gasteiger partial charge on any atom is -0.338 e. The predicted octanol–water partition coefficient (Wildman–Crippen LogP) is 0.990. The molecule has 0 spiro atoms. The van der Waals surface area contributed by atoms with Crippen LogP contribution in [0.2, 0.25) is 0 Å². The van der Waals surface area contributed by atoms with Gasteiger partial charge in [-0.15, -0.1) is 16.4 Å². The Morgan fingerprint density at radius 3 is 2.63 bits per heavy atom. The van der Waals surface area contributed by atoms with Crippen LogP contribution in [0.25, 0.3) is 0 Å². The maximum absolute atomic E-state index is 14.8. The zero-order valence-corrected chi connectivity index (χ0v) is 22.4. The molecule has 4 N–H and O–H groups in total. The van der Waals surface area contributed by atoms with Crippen molar-refractivity contribution in [3.05, 3.63) is 0 Å². The van der Waals surface area contributed by atoms with Gasteiger partial charge in [-0.25, -0.2) is 17.6 Å². The van der Waals surface area contributed by atoms with Crippen molar-refractivity contribution >= 4 is 33.6 Å². The maximum atomic E-state index is 14.8. The summed E-state index contributed by atoms with van der Waals surface area (Å²) in [6.07, 6.45) is 2.16. The molecule has 3 fully saturated rings. The molecule has 35 heavy (non-hydrogen) atoms. The lowest BCUT2D eigenvalue weighted by molar-refractivity contribution is -0.129. The lowest BCUT2D eigenvalue weighted by atomic mass is 9.76. The van der Waals surface area contributed by atoms with Crippen LogP contribution in [0, 0.1) is 17.8 Å². The minimum absolute atomic E-state index is 0.0304. The summed E-state index contributed by atoms with van der Waals surface area (Å²) in [5.74, 6) is -2.00. The van der Waals surface area contributed by atoms with Crippen molar-refractivity contribution in [2.45, 2.75) is 69.1 Å². The summed E-state index contributed by atoms with van der Waals surface area (Å²) >= 11 is 6.25. The van der Waals surface area contributed by atoms with Crippen LogP contribution in [0.15, 0.2) is 0 Å². The van der Waals surface area contributed by atoms with Crippen molar-refractivity contribution in [3.63, 3.8) is 0 Å². The van der Waals surface area contributed by atoms with Gasteiger partial charge in [0.15, 0.2) is 0 Å². The van der Waals surface area contributed by atoms with E-state index < -0.39 is 33.4 Å². The normalized spacial score (nSPS) is 34.4. The third kappa shape index (κ3) is 7.64. The third-order valence-corrected chi connectivity index (χ3v) is 9.33. The average molecular weight is 539 g/mol. The van der Waals surface area contributed by atoms with Gasteiger partial charge in [0.2, 0.25) is 15.9 Å². The molecule has 7 unspecified atom stereocenters. The first-order valence-electron chi connectivity index (χ1n) is 12.5. The van der Waals surface area contributed by atoms with Gasteiger partial charge in [0.25, 0.3) is 0 Å². The van der Waals surface area contributed by atoms with Crippen LogP contribution in [-0.2, 0) is 14.8 Å². The largest absolute Gasteiger partial charge is 0.338 e. The van der Waals surface area contributed by atoms with Crippen LogP contribution in [0.1, 0.15) is 45.4 Å². The summed E-state index contributed by atoms with van der Waals surface area (Å²) in [6.45, 7) is 3.89. The molecule has 1 aliphatic heterocycles. The van der Waals surface area contributed by atoms with Crippen LogP contribution in [-0.4, -0.2) is 93.4 Å². The Bertz CT molecular complexity index is 852. The number of hydrogen-bond acceptors (Lipinski definition) is 6. The van der Waals surface area contributed by atoms with Crippen LogP contribution in [0.3, 0.4) is 0 Å². The molecular weight excluding hydrogens is 499 g/mol. The van der Waals surface area contributed by atoms with Crippen LogP contribution >= 0.6 is 11.6 Å². The quantitative estimate of drug-likeness (QED) is 0.270. The highest BCUT2D eigenvalue weighted by Gasteiger charge is 2.44. The molecule has 0 aromatic heterocycles. The van der Waals surface area contributed by atoms with Gasteiger partial charge in [-0.2, -0.15) is 0 Å². The first kappa shape index (κ1) is 28.4. The number of nitrogens with zero attached hydrogens (tertiary/aromatic N) is 2. The molecule has 1 heterocycles. The lowest BCUT2D eigenvalue weighted by Gasteiger charge is -2.37. The molecule has 3 amide bonds. The monoisotopic (exact) mass is 538 g/mol.